The van der Waals surface area contributed by atoms with E-state index < -0.39 is 0 Å². The van der Waals surface area contributed by atoms with Crippen LogP contribution in [-0.4, -0.2) is 7.05 Å². The Morgan fingerprint density at radius 1 is 1.57 bits per heavy atom. The maximum absolute atomic E-state index is 5.31. The number of hydrogen-bond acceptors (Lipinski definition) is 1. The van der Waals surface area contributed by atoms with E-state index >= 15 is 0 Å². The predicted molar refractivity (Wildman–Crippen MR) is 64.1 cm³/mol. The zero-order valence-corrected chi connectivity index (χ0v) is 10.1. The van der Waals surface area contributed by atoms with Crippen molar-refractivity contribution in [2.75, 3.05) is 7.05 Å². The van der Waals surface area contributed by atoms with E-state index in [1.807, 2.05) is 7.05 Å². The molecule has 14 heavy (non-hydrogen) atoms. The minimum atomic E-state index is 0.256. The van der Waals surface area contributed by atoms with Crippen molar-refractivity contribution < 1.29 is 0 Å². The van der Waals surface area contributed by atoms with Crippen LogP contribution in [0.4, 0.5) is 0 Å². The van der Waals surface area contributed by atoms with E-state index in [1.165, 1.54) is 11.1 Å². The van der Waals surface area contributed by atoms with E-state index in [-0.39, 0.29) is 6.04 Å². The first-order valence-corrected chi connectivity index (χ1v) is 5.35. The molecular formula is C12H14BrN. The zero-order chi connectivity index (χ0) is 10.6. The first-order chi connectivity index (χ1) is 6.69. The SMILES string of the molecule is C#CCC(NC)c1ccc(Br)c(C)c1. The number of halogens is 1. The Labute approximate surface area is 94.0 Å². The molecule has 0 heterocycles. The van der Waals surface area contributed by atoms with E-state index in [0.29, 0.717) is 0 Å². The van der Waals surface area contributed by atoms with Gasteiger partial charge in [0.05, 0.1) is 0 Å². The molecule has 1 rings (SSSR count). The third-order valence-corrected chi connectivity index (χ3v) is 3.14. The second-order valence-electron chi connectivity index (χ2n) is 3.26. The molecule has 0 saturated carbocycles. The van der Waals surface area contributed by atoms with E-state index in [1.54, 1.807) is 0 Å². The molecule has 74 valence electrons. The second kappa shape index (κ2) is 5.19. The second-order valence-corrected chi connectivity index (χ2v) is 4.11. The van der Waals surface area contributed by atoms with Crippen molar-refractivity contribution in [2.24, 2.45) is 0 Å². The minimum absolute atomic E-state index is 0.256. The van der Waals surface area contributed by atoms with Crippen LogP contribution in [0.1, 0.15) is 23.6 Å². The monoisotopic (exact) mass is 251 g/mol. The third kappa shape index (κ3) is 2.60. The van der Waals surface area contributed by atoms with Crippen molar-refractivity contribution in [1.29, 1.82) is 0 Å². The third-order valence-electron chi connectivity index (χ3n) is 2.25. The lowest BCUT2D eigenvalue weighted by atomic mass is 10.0. The molecule has 1 aromatic rings. The number of aryl methyl sites for hydroxylation is 1. The van der Waals surface area contributed by atoms with E-state index in [2.05, 4.69) is 52.3 Å². The summed E-state index contributed by atoms with van der Waals surface area (Å²) in [5.74, 6) is 2.68. The van der Waals surface area contributed by atoms with Gasteiger partial charge < -0.3 is 5.32 Å². The Morgan fingerprint density at radius 2 is 2.29 bits per heavy atom. The first kappa shape index (κ1) is 11.3. The molecule has 1 N–H and O–H groups in total. The first-order valence-electron chi connectivity index (χ1n) is 4.55. The number of benzene rings is 1. The van der Waals surface area contributed by atoms with E-state index in [9.17, 15) is 0 Å². The highest BCUT2D eigenvalue weighted by Gasteiger charge is 2.07. The van der Waals surface area contributed by atoms with Gasteiger partial charge in [-0.3, -0.25) is 0 Å². The molecule has 1 aromatic carbocycles. The van der Waals surface area contributed by atoms with Crippen molar-refractivity contribution in [2.45, 2.75) is 19.4 Å². The summed E-state index contributed by atoms with van der Waals surface area (Å²) in [7, 11) is 1.93. The lowest BCUT2D eigenvalue weighted by Crippen LogP contribution is -2.15. The van der Waals surface area contributed by atoms with Gasteiger partial charge in [-0.05, 0) is 31.2 Å². The quantitative estimate of drug-likeness (QED) is 0.815. The van der Waals surface area contributed by atoms with Crippen LogP contribution in [0, 0.1) is 19.3 Å². The minimum Gasteiger partial charge on any atom is -0.312 e. The Balaban J connectivity index is 2.95. The molecule has 1 nitrogen and oxygen atoms in total. The summed E-state index contributed by atoms with van der Waals surface area (Å²) in [6, 6.07) is 6.57. The predicted octanol–water partition coefficient (Wildman–Crippen LogP) is 3.04. The molecule has 0 fully saturated rings. The molecule has 0 aromatic heterocycles. The van der Waals surface area contributed by atoms with Crippen LogP contribution < -0.4 is 5.32 Å². The molecule has 2 heteroatoms. The molecule has 0 aliphatic carbocycles. The lowest BCUT2D eigenvalue weighted by Gasteiger charge is -2.14. The van der Waals surface area contributed by atoms with Crippen molar-refractivity contribution in [1.82, 2.24) is 5.32 Å². The summed E-state index contributed by atoms with van der Waals surface area (Å²) in [5.41, 5.74) is 2.48. The fourth-order valence-corrected chi connectivity index (χ4v) is 1.64. The normalized spacial score (nSPS) is 12.1. The molecule has 1 unspecified atom stereocenters. The van der Waals surface area contributed by atoms with Crippen LogP contribution in [-0.2, 0) is 0 Å². The largest absolute Gasteiger partial charge is 0.312 e. The van der Waals surface area contributed by atoms with Crippen LogP contribution in [0.3, 0.4) is 0 Å². The Kier molecular flexibility index (Phi) is 4.19. The highest BCUT2D eigenvalue weighted by atomic mass is 79.9. The summed E-state index contributed by atoms with van der Waals surface area (Å²) >= 11 is 3.48. The summed E-state index contributed by atoms with van der Waals surface area (Å²) in [5, 5.41) is 3.21. The van der Waals surface area contributed by atoms with E-state index in [4.69, 9.17) is 6.42 Å². The van der Waals surface area contributed by atoms with Gasteiger partial charge in [-0.15, -0.1) is 12.3 Å². The molecule has 0 amide bonds. The Hall–Kier alpha value is -0.780. The number of rotatable bonds is 3. The van der Waals surface area contributed by atoms with Gasteiger partial charge in [0.15, 0.2) is 0 Å². The van der Waals surface area contributed by atoms with Gasteiger partial charge in [0, 0.05) is 16.9 Å². The van der Waals surface area contributed by atoms with Gasteiger partial charge >= 0.3 is 0 Å². The molecule has 0 aliphatic heterocycles. The van der Waals surface area contributed by atoms with Crippen molar-refractivity contribution >= 4 is 15.9 Å². The van der Waals surface area contributed by atoms with Gasteiger partial charge in [0.25, 0.3) is 0 Å². The maximum Gasteiger partial charge on any atom is 0.0428 e. The Bertz CT molecular complexity index is 352. The summed E-state index contributed by atoms with van der Waals surface area (Å²) in [6.45, 7) is 2.08. The fraction of sp³-hybridized carbons (Fsp3) is 0.333. The summed E-state index contributed by atoms with van der Waals surface area (Å²) < 4.78 is 1.14. The molecular weight excluding hydrogens is 238 g/mol. The van der Waals surface area contributed by atoms with Crippen molar-refractivity contribution in [3.05, 3.63) is 33.8 Å². The fourth-order valence-electron chi connectivity index (χ4n) is 1.39. The van der Waals surface area contributed by atoms with Gasteiger partial charge in [0.1, 0.15) is 0 Å². The van der Waals surface area contributed by atoms with Crippen LogP contribution in [0.15, 0.2) is 22.7 Å². The molecule has 0 spiro atoms. The number of terminal acetylenes is 1. The van der Waals surface area contributed by atoms with Gasteiger partial charge in [-0.2, -0.15) is 0 Å². The highest BCUT2D eigenvalue weighted by molar-refractivity contribution is 9.10. The average Bonchev–Trinajstić information content (AvgIpc) is 2.19. The molecule has 0 radical (unpaired) electrons. The summed E-state index contributed by atoms with van der Waals surface area (Å²) in [4.78, 5) is 0. The molecule has 0 bridgehead atoms. The number of nitrogens with one attached hydrogen (secondary N) is 1. The van der Waals surface area contributed by atoms with E-state index in [0.717, 1.165) is 10.9 Å². The van der Waals surface area contributed by atoms with Gasteiger partial charge in [-0.25, -0.2) is 0 Å². The summed E-state index contributed by atoms with van der Waals surface area (Å²) in [6.07, 6.45) is 6.03. The van der Waals surface area contributed by atoms with Crippen LogP contribution in [0.5, 0.6) is 0 Å². The van der Waals surface area contributed by atoms with Gasteiger partial charge in [0.2, 0.25) is 0 Å². The average molecular weight is 252 g/mol. The smallest absolute Gasteiger partial charge is 0.0428 e. The topological polar surface area (TPSA) is 12.0 Å². The van der Waals surface area contributed by atoms with Crippen LogP contribution >= 0.6 is 15.9 Å². The van der Waals surface area contributed by atoms with Crippen LogP contribution in [0.25, 0.3) is 0 Å². The van der Waals surface area contributed by atoms with Crippen molar-refractivity contribution in [3.63, 3.8) is 0 Å². The van der Waals surface area contributed by atoms with Crippen molar-refractivity contribution in [3.8, 4) is 12.3 Å². The zero-order valence-electron chi connectivity index (χ0n) is 8.47. The molecule has 0 aliphatic rings. The lowest BCUT2D eigenvalue weighted by molar-refractivity contribution is 0.611. The highest BCUT2D eigenvalue weighted by Crippen LogP contribution is 2.22. The maximum atomic E-state index is 5.31. The van der Waals surface area contributed by atoms with Gasteiger partial charge in [-0.1, -0.05) is 28.1 Å². The number of hydrogen-bond donors (Lipinski definition) is 1. The molecule has 1 atom stereocenters. The standard InChI is InChI=1S/C12H14BrN/c1-4-5-12(14-3)10-6-7-11(13)9(2)8-10/h1,6-8,12,14H,5H2,2-3H3. The Morgan fingerprint density at radius 3 is 2.79 bits per heavy atom. The molecule has 0 saturated heterocycles. The van der Waals surface area contributed by atoms with Crippen LogP contribution in [0.2, 0.25) is 0 Å².